The highest BCUT2D eigenvalue weighted by Crippen LogP contribution is 2.36. The largest absolute Gasteiger partial charge is 0.497 e. The molecule has 1 aliphatic rings. The number of ether oxygens (including phenoxy) is 3. The number of carbonyl (C=O) groups excluding carboxylic acids is 2. The summed E-state index contributed by atoms with van der Waals surface area (Å²) in [6, 6.07) is 3.89. The summed E-state index contributed by atoms with van der Waals surface area (Å²) in [5.41, 5.74) is 1.10. The van der Waals surface area contributed by atoms with Gasteiger partial charge in [-0.05, 0) is 25.1 Å². The first-order valence-electron chi connectivity index (χ1n) is 7.31. The number of rotatable bonds is 6. The molecule has 0 aromatic heterocycles. The first kappa shape index (κ1) is 17.9. The lowest BCUT2D eigenvalue weighted by atomic mass is 9.94. The van der Waals surface area contributed by atoms with Crippen molar-refractivity contribution in [1.29, 1.82) is 0 Å². The summed E-state index contributed by atoms with van der Waals surface area (Å²) < 4.78 is 15.7. The Morgan fingerprint density at radius 2 is 2.04 bits per heavy atom. The highest BCUT2D eigenvalue weighted by molar-refractivity contribution is 6.20. The van der Waals surface area contributed by atoms with E-state index in [1.807, 2.05) is 0 Å². The van der Waals surface area contributed by atoms with E-state index in [4.69, 9.17) is 25.8 Å². The van der Waals surface area contributed by atoms with Crippen LogP contribution in [0.4, 0.5) is 4.79 Å². The lowest BCUT2D eigenvalue weighted by Gasteiger charge is -2.29. The quantitative estimate of drug-likeness (QED) is 0.603. The van der Waals surface area contributed by atoms with Crippen LogP contribution in [-0.4, -0.2) is 38.7 Å². The van der Waals surface area contributed by atoms with Gasteiger partial charge < -0.3 is 24.8 Å². The number of halogens is 1. The van der Waals surface area contributed by atoms with Crippen LogP contribution in [0.1, 0.15) is 18.5 Å². The number of nitrogens with one attached hydrogen (secondary N) is 2. The number of carbonyl (C=O) groups is 2. The number of methoxy groups -OCH3 is 2. The summed E-state index contributed by atoms with van der Waals surface area (Å²) in [4.78, 5) is 24.4. The summed E-state index contributed by atoms with van der Waals surface area (Å²) in [6.45, 7) is 1.91. The van der Waals surface area contributed by atoms with E-state index < -0.39 is 18.0 Å². The van der Waals surface area contributed by atoms with E-state index >= 15 is 0 Å². The van der Waals surface area contributed by atoms with Crippen molar-refractivity contribution in [1.82, 2.24) is 10.6 Å². The van der Waals surface area contributed by atoms with Crippen LogP contribution in [0.2, 0.25) is 0 Å². The zero-order chi connectivity index (χ0) is 17.7. The van der Waals surface area contributed by atoms with Crippen LogP contribution in [0, 0.1) is 0 Å². The maximum Gasteiger partial charge on any atom is 0.338 e. The smallest absolute Gasteiger partial charge is 0.338 e. The fraction of sp³-hybridized carbons (Fsp3) is 0.375. The molecule has 1 aromatic carbocycles. The van der Waals surface area contributed by atoms with Gasteiger partial charge in [-0.2, -0.15) is 0 Å². The number of hydrogen-bond donors (Lipinski definition) is 2. The molecule has 0 saturated carbocycles. The Morgan fingerprint density at radius 1 is 1.29 bits per heavy atom. The predicted molar refractivity (Wildman–Crippen MR) is 88.3 cm³/mol. The highest BCUT2D eigenvalue weighted by atomic mass is 35.5. The summed E-state index contributed by atoms with van der Waals surface area (Å²) >= 11 is 5.91. The summed E-state index contributed by atoms with van der Waals surface area (Å²) in [5, 5.41) is 5.26. The number of hydrogen-bond acceptors (Lipinski definition) is 5. The molecule has 2 N–H and O–H groups in total. The first-order valence-corrected chi connectivity index (χ1v) is 7.84. The Balaban J connectivity index is 2.60. The van der Waals surface area contributed by atoms with Crippen molar-refractivity contribution in [3.05, 3.63) is 35.0 Å². The van der Waals surface area contributed by atoms with Gasteiger partial charge in [0, 0.05) is 11.3 Å². The van der Waals surface area contributed by atoms with Crippen LogP contribution in [-0.2, 0) is 9.53 Å². The van der Waals surface area contributed by atoms with Gasteiger partial charge in [0.15, 0.2) is 0 Å². The van der Waals surface area contributed by atoms with E-state index in [0.29, 0.717) is 22.8 Å². The molecule has 1 aromatic rings. The number of urea groups is 1. The van der Waals surface area contributed by atoms with E-state index in [1.54, 1.807) is 25.1 Å². The van der Waals surface area contributed by atoms with Crippen molar-refractivity contribution < 1.29 is 23.8 Å². The van der Waals surface area contributed by atoms with Gasteiger partial charge in [0.25, 0.3) is 0 Å². The van der Waals surface area contributed by atoms with Gasteiger partial charge in [0.1, 0.15) is 11.5 Å². The number of benzene rings is 1. The molecule has 1 unspecified atom stereocenters. The normalized spacial score (nSPS) is 17.0. The molecule has 130 valence electrons. The topological polar surface area (TPSA) is 85.9 Å². The second-order valence-corrected chi connectivity index (χ2v) is 5.15. The number of esters is 1. The summed E-state index contributed by atoms with van der Waals surface area (Å²) in [6.07, 6.45) is 0. The monoisotopic (exact) mass is 354 g/mol. The van der Waals surface area contributed by atoms with Crippen LogP contribution in [0.5, 0.6) is 11.5 Å². The zero-order valence-electron chi connectivity index (χ0n) is 13.6. The molecule has 1 atom stereocenters. The highest BCUT2D eigenvalue weighted by Gasteiger charge is 2.35. The molecule has 2 rings (SSSR count). The number of amides is 2. The Bertz CT molecular complexity index is 674. The summed E-state index contributed by atoms with van der Waals surface area (Å²) in [5.74, 6) is 0.466. The standard InChI is InChI=1S/C16H19ClN2O5/c1-4-24-15(20)13-11(8-17)18-16(21)19-14(13)10-7-9(22-2)5-6-12(10)23-3/h5-7,14H,4,8H2,1-3H3,(H2,18,19,21). The maximum atomic E-state index is 12.4. The van der Waals surface area contributed by atoms with E-state index in [1.165, 1.54) is 14.2 Å². The Morgan fingerprint density at radius 3 is 2.62 bits per heavy atom. The third-order valence-electron chi connectivity index (χ3n) is 3.53. The third kappa shape index (κ3) is 3.56. The molecule has 1 aliphatic heterocycles. The Hall–Kier alpha value is -2.41. The van der Waals surface area contributed by atoms with E-state index in [9.17, 15) is 9.59 Å². The van der Waals surface area contributed by atoms with Gasteiger partial charge in [-0.25, -0.2) is 9.59 Å². The average molecular weight is 355 g/mol. The zero-order valence-corrected chi connectivity index (χ0v) is 14.4. The minimum Gasteiger partial charge on any atom is -0.497 e. The van der Waals surface area contributed by atoms with Crippen LogP contribution in [0.3, 0.4) is 0 Å². The lowest BCUT2D eigenvalue weighted by Crippen LogP contribution is -2.46. The fourth-order valence-electron chi connectivity index (χ4n) is 2.47. The molecule has 0 spiro atoms. The number of alkyl halides is 1. The SMILES string of the molecule is CCOC(=O)C1=C(CCl)NC(=O)NC1c1cc(OC)ccc1OC. The molecule has 0 saturated heterocycles. The minimum absolute atomic E-state index is 0.0373. The van der Waals surface area contributed by atoms with Gasteiger partial charge in [-0.15, -0.1) is 11.6 Å². The predicted octanol–water partition coefficient (Wildman–Crippen LogP) is 2.11. The van der Waals surface area contributed by atoms with Crippen molar-refractivity contribution in [2.24, 2.45) is 0 Å². The molecular weight excluding hydrogens is 336 g/mol. The molecule has 0 bridgehead atoms. The molecule has 7 nitrogen and oxygen atoms in total. The van der Waals surface area contributed by atoms with Gasteiger partial charge in [0.2, 0.25) is 0 Å². The Labute approximate surface area is 144 Å². The first-order chi connectivity index (χ1) is 11.5. The van der Waals surface area contributed by atoms with Crippen LogP contribution >= 0.6 is 11.6 Å². The van der Waals surface area contributed by atoms with E-state index in [-0.39, 0.29) is 18.1 Å². The van der Waals surface area contributed by atoms with Gasteiger partial charge in [-0.1, -0.05) is 0 Å². The molecule has 8 heteroatoms. The van der Waals surface area contributed by atoms with Crippen LogP contribution in [0.15, 0.2) is 29.5 Å². The summed E-state index contributed by atoms with van der Waals surface area (Å²) in [7, 11) is 3.03. The Kier molecular flexibility index (Phi) is 5.92. The third-order valence-corrected chi connectivity index (χ3v) is 3.80. The van der Waals surface area contributed by atoms with Crippen molar-refractivity contribution in [2.75, 3.05) is 26.7 Å². The van der Waals surface area contributed by atoms with Crippen molar-refractivity contribution in [3.63, 3.8) is 0 Å². The van der Waals surface area contributed by atoms with Gasteiger partial charge >= 0.3 is 12.0 Å². The van der Waals surface area contributed by atoms with Crippen molar-refractivity contribution >= 4 is 23.6 Å². The van der Waals surface area contributed by atoms with Crippen molar-refractivity contribution in [2.45, 2.75) is 13.0 Å². The lowest BCUT2D eigenvalue weighted by molar-refractivity contribution is -0.139. The molecule has 0 aliphatic carbocycles. The van der Waals surface area contributed by atoms with Gasteiger partial charge in [0.05, 0.1) is 38.3 Å². The van der Waals surface area contributed by atoms with Crippen molar-refractivity contribution in [3.8, 4) is 11.5 Å². The second kappa shape index (κ2) is 7.92. The van der Waals surface area contributed by atoms with Crippen LogP contribution < -0.4 is 20.1 Å². The molecular formula is C16H19ClN2O5. The van der Waals surface area contributed by atoms with Gasteiger partial charge in [-0.3, -0.25) is 0 Å². The van der Waals surface area contributed by atoms with E-state index in [0.717, 1.165) is 0 Å². The maximum absolute atomic E-state index is 12.4. The second-order valence-electron chi connectivity index (χ2n) is 4.89. The molecule has 1 heterocycles. The van der Waals surface area contributed by atoms with E-state index in [2.05, 4.69) is 10.6 Å². The van der Waals surface area contributed by atoms with Crippen LogP contribution in [0.25, 0.3) is 0 Å². The molecule has 0 fully saturated rings. The molecule has 0 radical (unpaired) electrons. The molecule has 2 amide bonds. The minimum atomic E-state index is -0.767. The number of allylic oxidation sites excluding steroid dienone is 1. The average Bonchev–Trinajstić information content (AvgIpc) is 2.60. The fourth-order valence-corrected chi connectivity index (χ4v) is 2.68. The molecule has 24 heavy (non-hydrogen) atoms.